The summed E-state index contributed by atoms with van der Waals surface area (Å²) in [7, 11) is 6.13. The van der Waals surface area contributed by atoms with Crippen molar-refractivity contribution in [2.24, 2.45) is 0 Å². The predicted molar refractivity (Wildman–Crippen MR) is 139 cm³/mol. The SMILES string of the molecule is CCN(CC)C(=S)N[C@H]1CCc2c(Cl)c(OC)c(OC)c(OC)c2-c2ccc(OC)c(=O)cc21. The number of nitrogens with zero attached hydrogens (tertiary/aromatic N) is 1. The highest BCUT2D eigenvalue weighted by molar-refractivity contribution is 7.80. The lowest BCUT2D eigenvalue weighted by Crippen LogP contribution is -2.41. The van der Waals surface area contributed by atoms with Gasteiger partial charge in [-0.2, -0.15) is 0 Å². The minimum absolute atomic E-state index is 0.224. The number of hydrogen-bond donors (Lipinski definition) is 1. The number of methoxy groups -OCH3 is 4. The van der Waals surface area contributed by atoms with Gasteiger partial charge in [-0.3, -0.25) is 4.79 Å². The molecule has 1 aliphatic rings. The quantitative estimate of drug-likeness (QED) is 0.546. The molecule has 1 atom stereocenters. The van der Waals surface area contributed by atoms with Gasteiger partial charge in [-0.25, -0.2) is 0 Å². The number of hydrogen-bond acceptors (Lipinski definition) is 6. The standard InChI is InChI=1S/C25H31ClN2O5S/c1-7-28(8-2)25(34)27-17-11-9-15-20(14-10-12-19(30-3)18(29)13-16(14)17)22(31-4)24(33-6)23(32-5)21(15)26/h10,12-13,17H,7-9,11H2,1-6H3,(H,27,34)/t17-/m0/s1. The molecule has 0 amide bonds. The lowest BCUT2D eigenvalue weighted by molar-refractivity contribution is 0.325. The average Bonchev–Trinajstić information content (AvgIpc) is 3.08. The first kappa shape index (κ1) is 25.9. The average molecular weight is 507 g/mol. The third-order valence-corrected chi connectivity index (χ3v) is 6.93. The molecule has 3 rings (SSSR count). The molecular formula is C25H31ClN2O5S. The highest BCUT2D eigenvalue weighted by Crippen LogP contribution is 2.54. The van der Waals surface area contributed by atoms with Gasteiger partial charge in [0.1, 0.15) is 0 Å². The first-order valence-corrected chi connectivity index (χ1v) is 11.9. The van der Waals surface area contributed by atoms with Crippen LogP contribution in [-0.4, -0.2) is 51.5 Å². The van der Waals surface area contributed by atoms with Crippen molar-refractivity contribution in [3.05, 3.63) is 44.6 Å². The Hall–Kier alpha value is -2.71. The van der Waals surface area contributed by atoms with Crippen molar-refractivity contribution in [3.8, 4) is 34.1 Å². The van der Waals surface area contributed by atoms with E-state index in [0.29, 0.717) is 40.2 Å². The van der Waals surface area contributed by atoms with E-state index in [1.54, 1.807) is 26.4 Å². The third-order valence-electron chi connectivity index (χ3n) is 6.16. The summed E-state index contributed by atoms with van der Waals surface area (Å²) in [6.45, 7) is 5.66. The first-order valence-electron chi connectivity index (χ1n) is 11.1. The topological polar surface area (TPSA) is 69.3 Å². The van der Waals surface area contributed by atoms with Gasteiger partial charge >= 0.3 is 0 Å². The molecule has 0 spiro atoms. The highest BCUT2D eigenvalue weighted by Gasteiger charge is 2.32. The Balaban J connectivity index is 2.36. The molecule has 2 aromatic carbocycles. The summed E-state index contributed by atoms with van der Waals surface area (Å²) in [6.07, 6.45) is 1.25. The summed E-state index contributed by atoms with van der Waals surface area (Å²) >= 11 is 12.5. The molecular weight excluding hydrogens is 476 g/mol. The second-order valence-electron chi connectivity index (χ2n) is 7.76. The summed E-state index contributed by atoms with van der Waals surface area (Å²) < 4.78 is 22.4. The van der Waals surface area contributed by atoms with Crippen LogP contribution in [-0.2, 0) is 6.42 Å². The number of fused-ring (bicyclic) bond motifs is 3. The summed E-state index contributed by atoms with van der Waals surface area (Å²) in [5, 5.41) is 4.56. The maximum absolute atomic E-state index is 13.0. The molecule has 0 saturated heterocycles. The fourth-order valence-electron chi connectivity index (χ4n) is 4.44. The Labute approximate surface area is 210 Å². The van der Waals surface area contributed by atoms with E-state index in [4.69, 9.17) is 42.8 Å². The van der Waals surface area contributed by atoms with E-state index >= 15 is 0 Å². The molecule has 0 heterocycles. The van der Waals surface area contributed by atoms with Crippen LogP contribution in [0.2, 0.25) is 5.02 Å². The van der Waals surface area contributed by atoms with E-state index in [9.17, 15) is 4.79 Å². The Bertz CT molecular complexity index is 1140. The molecule has 184 valence electrons. The summed E-state index contributed by atoms with van der Waals surface area (Å²) in [5.74, 6) is 1.54. The Morgan fingerprint density at radius 1 is 1.06 bits per heavy atom. The van der Waals surface area contributed by atoms with Gasteiger partial charge in [-0.1, -0.05) is 17.7 Å². The number of halogens is 1. The van der Waals surface area contributed by atoms with Crippen LogP contribution in [0.4, 0.5) is 0 Å². The Morgan fingerprint density at radius 2 is 1.71 bits per heavy atom. The first-order chi connectivity index (χ1) is 16.4. The van der Waals surface area contributed by atoms with Crippen LogP contribution >= 0.6 is 23.8 Å². The van der Waals surface area contributed by atoms with Crippen LogP contribution in [0, 0.1) is 0 Å². The van der Waals surface area contributed by atoms with Gasteiger partial charge in [0.2, 0.25) is 11.2 Å². The molecule has 7 nitrogen and oxygen atoms in total. The van der Waals surface area contributed by atoms with Gasteiger partial charge in [-0.05, 0) is 67.7 Å². The largest absolute Gasteiger partial charge is 0.493 e. The molecule has 0 saturated carbocycles. The second-order valence-corrected chi connectivity index (χ2v) is 8.52. The van der Waals surface area contributed by atoms with Crippen LogP contribution in [0.1, 0.15) is 37.4 Å². The summed E-state index contributed by atoms with van der Waals surface area (Å²) in [6, 6.07) is 4.90. The number of benzene rings is 1. The number of ether oxygens (including phenoxy) is 4. The van der Waals surface area contributed by atoms with Gasteiger partial charge in [0.25, 0.3) is 0 Å². The Morgan fingerprint density at radius 3 is 2.26 bits per heavy atom. The molecule has 0 unspecified atom stereocenters. The van der Waals surface area contributed by atoms with Crippen molar-refractivity contribution in [2.75, 3.05) is 41.5 Å². The number of nitrogens with one attached hydrogen (secondary N) is 1. The fraction of sp³-hybridized carbons (Fsp3) is 0.440. The van der Waals surface area contributed by atoms with Crippen molar-refractivity contribution in [1.29, 1.82) is 0 Å². The molecule has 34 heavy (non-hydrogen) atoms. The molecule has 0 aliphatic heterocycles. The lowest BCUT2D eigenvalue weighted by Gasteiger charge is -2.27. The number of thiocarbonyl (C=S) groups is 1. The second kappa shape index (κ2) is 11.1. The lowest BCUT2D eigenvalue weighted by atomic mass is 9.95. The van der Waals surface area contributed by atoms with E-state index in [1.807, 2.05) is 6.07 Å². The maximum Gasteiger partial charge on any atom is 0.220 e. The van der Waals surface area contributed by atoms with Gasteiger partial charge in [0.15, 0.2) is 22.4 Å². The van der Waals surface area contributed by atoms with Gasteiger partial charge in [-0.15, -0.1) is 0 Å². The fourth-order valence-corrected chi connectivity index (χ4v) is 5.19. The summed E-state index contributed by atoms with van der Waals surface area (Å²) in [5.41, 5.74) is 2.96. The van der Waals surface area contributed by atoms with Crippen molar-refractivity contribution in [3.63, 3.8) is 0 Å². The van der Waals surface area contributed by atoms with E-state index in [-0.39, 0.29) is 17.2 Å². The molecule has 1 aliphatic carbocycles. The highest BCUT2D eigenvalue weighted by atomic mass is 35.5. The normalized spacial score (nSPS) is 14.3. The van der Waals surface area contributed by atoms with Gasteiger partial charge < -0.3 is 29.2 Å². The zero-order chi connectivity index (χ0) is 25.0. The Kier molecular flexibility index (Phi) is 8.49. The third kappa shape index (κ3) is 4.61. The molecule has 0 radical (unpaired) electrons. The maximum atomic E-state index is 13.0. The van der Waals surface area contributed by atoms with E-state index in [0.717, 1.165) is 35.3 Å². The zero-order valence-electron chi connectivity index (χ0n) is 20.4. The number of rotatable bonds is 7. The molecule has 0 bridgehead atoms. The van der Waals surface area contributed by atoms with E-state index < -0.39 is 0 Å². The van der Waals surface area contributed by atoms with Crippen molar-refractivity contribution in [1.82, 2.24) is 10.2 Å². The molecule has 0 aromatic heterocycles. The predicted octanol–water partition coefficient (Wildman–Crippen LogP) is 4.61. The van der Waals surface area contributed by atoms with Crippen LogP contribution in [0.25, 0.3) is 11.1 Å². The monoisotopic (exact) mass is 506 g/mol. The summed E-state index contributed by atoms with van der Waals surface area (Å²) in [4.78, 5) is 15.0. The van der Waals surface area contributed by atoms with Crippen molar-refractivity contribution in [2.45, 2.75) is 32.7 Å². The van der Waals surface area contributed by atoms with Gasteiger partial charge in [0, 0.05) is 18.7 Å². The minimum Gasteiger partial charge on any atom is -0.493 e. The molecule has 1 N–H and O–H groups in total. The minimum atomic E-state index is -0.238. The van der Waals surface area contributed by atoms with Crippen LogP contribution in [0.3, 0.4) is 0 Å². The zero-order valence-corrected chi connectivity index (χ0v) is 22.0. The van der Waals surface area contributed by atoms with E-state index in [1.165, 1.54) is 14.2 Å². The molecule has 2 aromatic rings. The molecule has 0 fully saturated rings. The molecule has 9 heteroatoms. The smallest absolute Gasteiger partial charge is 0.220 e. The van der Waals surface area contributed by atoms with Crippen LogP contribution in [0.5, 0.6) is 23.0 Å². The van der Waals surface area contributed by atoms with Crippen molar-refractivity contribution < 1.29 is 18.9 Å². The van der Waals surface area contributed by atoms with Crippen LogP contribution in [0.15, 0.2) is 23.0 Å². The van der Waals surface area contributed by atoms with Crippen molar-refractivity contribution >= 4 is 28.9 Å². The van der Waals surface area contributed by atoms with Crippen LogP contribution < -0.4 is 29.7 Å². The van der Waals surface area contributed by atoms with Gasteiger partial charge in [0.05, 0.1) is 39.5 Å². The van der Waals surface area contributed by atoms with E-state index in [2.05, 4.69) is 24.1 Å².